The molecule has 0 unspecified atom stereocenters. The van der Waals surface area contributed by atoms with Gasteiger partial charge >= 0.3 is 0 Å². The van der Waals surface area contributed by atoms with Gasteiger partial charge in [0, 0.05) is 17.6 Å². The van der Waals surface area contributed by atoms with Crippen LogP contribution in [0.15, 0.2) is 24.3 Å². The van der Waals surface area contributed by atoms with Crippen LogP contribution in [-0.4, -0.2) is 31.6 Å². The number of carbonyl (C=O) groups is 1. The Morgan fingerprint density at radius 1 is 1.56 bits per heavy atom. The van der Waals surface area contributed by atoms with E-state index < -0.39 is 0 Å². The molecule has 1 fully saturated rings. The fraction of sp³-hybridized carbons (Fsp3) is 0.462. The highest BCUT2D eigenvalue weighted by atomic mass is 35.5. The van der Waals surface area contributed by atoms with E-state index in [4.69, 9.17) is 16.3 Å². The predicted molar refractivity (Wildman–Crippen MR) is 71.0 cm³/mol. The fourth-order valence-corrected chi connectivity index (χ4v) is 2.13. The van der Waals surface area contributed by atoms with Crippen molar-refractivity contribution in [3.8, 4) is 5.75 Å². The molecule has 0 saturated carbocycles. The standard InChI is InChI=1S/C13H17ClN2O2/c14-10-3-1-5-12(7-10)18-9-13(17)16-11-4-2-6-15-8-11/h1,3,5,7,11,15H,2,4,6,8-9H2,(H,16,17)/t11-/m1/s1. The van der Waals surface area contributed by atoms with Gasteiger partial charge in [0.05, 0.1) is 0 Å². The minimum absolute atomic E-state index is 0.0246. The monoisotopic (exact) mass is 268 g/mol. The minimum atomic E-state index is -0.0938. The minimum Gasteiger partial charge on any atom is -0.484 e. The van der Waals surface area contributed by atoms with Crippen molar-refractivity contribution in [3.63, 3.8) is 0 Å². The van der Waals surface area contributed by atoms with Gasteiger partial charge in [-0.15, -0.1) is 0 Å². The first kappa shape index (κ1) is 13.2. The topological polar surface area (TPSA) is 50.4 Å². The summed E-state index contributed by atoms with van der Waals surface area (Å²) in [4.78, 5) is 11.7. The van der Waals surface area contributed by atoms with E-state index in [0.717, 1.165) is 25.9 Å². The molecular formula is C13H17ClN2O2. The lowest BCUT2D eigenvalue weighted by Crippen LogP contribution is -2.46. The largest absolute Gasteiger partial charge is 0.484 e. The number of amides is 1. The molecule has 5 heteroatoms. The smallest absolute Gasteiger partial charge is 0.258 e. The van der Waals surface area contributed by atoms with Gasteiger partial charge in [0.2, 0.25) is 0 Å². The highest BCUT2D eigenvalue weighted by molar-refractivity contribution is 6.30. The molecule has 0 radical (unpaired) electrons. The van der Waals surface area contributed by atoms with Crippen LogP contribution in [0.5, 0.6) is 5.75 Å². The van der Waals surface area contributed by atoms with Gasteiger partial charge < -0.3 is 15.4 Å². The van der Waals surface area contributed by atoms with Gasteiger partial charge in [0.25, 0.3) is 5.91 Å². The predicted octanol–water partition coefficient (Wildman–Crippen LogP) is 1.59. The number of hydrogen-bond acceptors (Lipinski definition) is 3. The average molecular weight is 269 g/mol. The van der Waals surface area contributed by atoms with E-state index in [2.05, 4.69) is 10.6 Å². The van der Waals surface area contributed by atoms with Crippen molar-refractivity contribution in [1.29, 1.82) is 0 Å². The molecule has 2 rings (SSSR count). The van der Waals surface area contributed by atoms with Gasteiger partial charge in [-0.1, -0.05) is 17.7 Å². The number of piperidine rings is 1. The Morgan fingerprint density at radius 2 is 2.44 bits per heavy atom. The van der Waals surface area contributed by atoms with Crippen LogP contribution >= 0.6 is 11.6 Å². The zero-order chi connectivity index (χ0) is 12.8. The Hall–Kier alpha value is -1.26. The zero-order valence-electron chi connectivity index (χ0n) is 10.1. The van der Waals surface area contributed by atoms with Crippen LogP contribution < -0.4 is 15.4 Å². The van der Waals surface area contributed by atoms with Crippen LogP contribution in [-0.2, 0) is 4.79 Å². The first-order valence-electron chi connectivity index (χ1n) is 6.12. The number of ether oxygens (including phenoxy) is 1. The molecular weight excluding hydrogens is 252 g/mol. The summed E-state index contributed by atoms with van der Waals surface area (Å²) in [6.45, 7) is 1.89. The molecule has 0 bridgehead atoms. The summed E-state index contributed by atoms with van der Waals surface area (Å²) in [7, 11) is 0. The third-order valence-corrected chi connectivity index (χ3v) is 3.06. The molecule has 98 valence electrons. The van der Waals surface area contributed by atoms with E-state index in [1.165, 1.54) is 0 Å². The van der Waals surface area contributed by atoms with Crippen molar-refractivity contribution >= 4 is 17.5 Å². The van der Waals surface area contributed by atoms with Crippen LogP contribution in [0.1, 0.15) is 12.8 Å². The normalized spacial score (nSPS) is 19.3. The quantitative estimate of drug-likeness (QED) is 0.872. The first-order chi connectivity index (χ1) is 8.74. The van der Waals surface area contributed by atoms with Gasteiger partial charge in [-0.2, -0.15) is 0 Å². The maximum atomic E-state index is 11.7. The Balaban J connectivity index is 1.74. The van der Waals surface area contributed by atoms with E-state index in [9.17, 15) is 4.79 Å². The van der Waals surface area contributed by atoms with Crippen molar-refractivity contribution in [3.05, 3.63) is 29.3 Å². The molecule has 2 N–H and O–H groups in total. The van der Waals surface area contributed by atoms with E-state index >= 15 is 0 Å². The summed E-state index contributed by atoms with van der Waals surface area (Å²) in [6.07, 6.45) is 2.12. The molecule has 1 atom stereocenters. The number of hydrogen-bond donors (Lipinski definition) is 2. The first-order valence-corrected chi connectivity index (χ1v) is 6.50. The van der Waals surface area contributed by atoms with Crippen LogP contribution in [0.25, 0.3) is 0 Å². The lowest BCUT2D eigenvalue weighted by Gasteiger charge is -2.23. The van der Waals surface area contributed by atoms with E-state index in [0.29, 0.717) is 10.8 Å². The van der Waals surface area contributed by atoms with Gasteiger partial charge in [-0.05, 0) is 37.6 Å². The summed E-state index contributed by atoms with van der Waals surface area (Å²) in [5, 5.41) is 6.79. The number of carbonyl (C=O) groups excluding carboxylic acids is 1. The lowest BCUT2D eigenvalue weighted by atomic mass is 10.1. The number of rotatable bonds is 4. The van der Waals surface area contributed by atoms with Gasteiger partial charge in [0.15, 0.2) is 6.61 Å². The van der Waals surface area contributed by atoms with E-state index in [1.807, 2.05) is 0 Å². The second-order valence-electron chi connectivity index (χ2n) is 4.36. The molecule has 18 heavy (non-hydrogen) atoms. The molecule has 1 heterocycles. The Bertz CT molecular complexity index is 406. The molecule has 0 aliphatic carbocycles. The lowest BCUT2D eigenvalue weighted by molar-refractivity contribution is -0.123. The van der Waals surface area contributed by atoms with Crippen LogP contribution in [0, 0.1) is 0 Å². The van der Waals surface area contributed by atoms with E-state index in [-0.39, 0.29) is 18.6 Å². The third-order valence-electron chi connectivity index (χ3n) is 2.83. The molecule has 0 aromatic heterocycles. The SMILES string of the molecule is O=C(COc1cccc(Cl)c1)N[C@@H]1CCCNC1. The third kappa shape index (κ3) is 4.20. The molecule has 1 aromatic rings. The average Bonchev–Trinajstić information content (AvgIpc) is 2.38. The van der Waals surface area contributed by atoms with Crippen LogP contribution in [0.3, 0.4) is 0 Å². The molecule has 1 aromatic carbocycles. The number of halogens is 1. The highest BCUT2D eigenvalue weighted by Gasteiger charge is 2.15. The Labute approximate surface area is 112 Å². The maximum Gasteiger partial charge on any atom is 0.258 e. The Morgan fingerprint density at radius 3 is 3.17 bits per heavy atom. The summed E-state index contributed by atoms with van der Waals surface area (Å²) in [5.74, 6) is 0.517. The summed E-state index contributed by atoms with van der Waals surface area (Å²) in [6, 6.07) is 7.25. The zero-order valence-corrected chi connectivity index (χ0v) is 10.9. The second-order valence-corrected chi connectivity index (χ2v) is 4.79. The Kier molecular flexibility index (Phi) is 4.84. The molecule has 0 spiro atoms. The second kappa shape index (κ2) is 6.61. The molecule has 1 saturated heterocycles. The molecule has 4 nitrogen and oxygen atoms in total. The summed E-state index contributed by atoms with van der Waals surface area (Å²) in [5.41, 5.74) is 0. The molecule has 1 aliphatic heterocycles. The van der Waals surface area contributed by atoms with Crippen molar-refractivity contribution in [2.75, 3.05) is 19.7 Å². The summed E-state index contributed by atoms with van der Waals surface area (Å²) < 4.78 is 5.37. The summed E-state index contributed by atoms with van der Waals surface area (Å²) >= 11 is 5.83. The van der Waals surface area contributed by atoms with Crippen LogP contribution in [0.2, 0.25) is 5.02 Å². The maximum absolute atomic E-state index is 11.7. The van der Waals surface area contributed by atoms with Gasteiger partial charge in [-0.25, -0.2) is 0 Å². The van der Waals surface area contributed by atoms with Crippen molar-refractivity contribution in [2.24, 2.45) is 0 Å². The van der Waals surface area contributed by atoms with Gasteiger partial charge in [0.1, 0.15) is 5.75 Å². The van der Waals surface area contributed by atoms with Crippen molar-refractivity contribution < 1.29 is 9.53 Å². The highest BCUT2D eigenvalue weighted by Crippen LogP contribution is 2.16. The van der Waals surface area contributed by atoms with Crippen molar-refractivity contribution in [2.45, 2.75) is 18.9 Å². The van der Waals surface area contributed by atoms with Crippen molar-refractivity contribution in [1.82, 2.24) is 10.6 Å². The van der Waals surface area contributed by atoms with Crippen LogP contribution in [0.4, 0.5) is 0 Å². The fourth-order valence-electron chi connectivity index (χ4n) is 1.95. The molecule has 1 aliphatic rings. The molecule has 1 amide bonds. The van der Waals surface area contributed by atoms with E-state index in [1.54, 1.807) is 24.3 Å². The number of nitrogens with one attached hydrogen (secondary N) is 2. The number of benzene rings is 1. The van der Waals surface area contributed by atoms with Gasteiger partial charge in [-0.3, -0.25) is 4.79 Å².